The van der Waals surface area contributed by atoms with E-state index in [9.17, 15) is 9.59 Å². The molecule has 1 atom stereocenters. The number of carbonyl (C=O) groups excluding carboxylic acids is 2. The van der Waals surface area contributed by atoms with Crippen LogP contribution in [-0.4, -0.2) is 84.0 Å². The van der Waals surface area contributed by atoms with Crippen LogP contribution in [-0.2, 0) is 0 Å². The van der Waals surface area contributed by atoms with E-state index in [0.717, 1.165) is 71.4 Å². The Hall–Kier alpha value is -2.97. The number of pyridine rings is 1. The highest BCUT2D eigenvalue weighted by molar-refractivity contribution is 6.16. The van der Waals surface area contributed by atoms with Gasteiger partial charge < -0.3 is 20.0 Å². The van der Waals surface area contributed by atoms with E-state index in [1.54, 1.807) is 23.2 Å². The van der Waals surface area contributed by atoms with Crippen molar-refractivity contribution in [1.29, 1.82) is 0 Å². The molecular weight excluding hydrogens is 452 g/mol. The molecule has 1 aromatic heterocycles. The molecule has 36 heavy (non-hydrogen) atoms. The quantitative estimate of drug-likeness (QED) is 0.544. The van der Waals surface area contributed by atoms with Gasteiger partial charge in [0.05, 0.1) is 16.9 Å². The predicted octanol–water partition coefficient (Wildman–Crippen LogP) is 4.81. The second kappa shape index (κ2) is 12.3. The normalized spacial score (nSPS) is 17.6. The first-order valence-electron chi connectivity index (χ1n) is 13.4. The van der Waals surface area contributed by atoms with Gasteiger partial charge in [-0.3, -0.25) is 4.79 Å². The average molecular weight is 493 g/mol. The zero-order chi connectivity index (χ0) is 25.5. The topological polar surface area (TPSA) is 72.0 Å². The van der Waals surface area contributed by atoms with Gasteiger partial charge in [-0.2, -0.15) is 0 Å². The Morgan fingerprint density at radius 3 is 2.69 bits per heavy atom. The molecule has 1 N–H and O–H groups in total. The maximum atomic E-state index is 14.2. The van der Waals surface area contributed by atoms with Gasteiger partial charge in [-0.1, -0.05) is 26.0 Å². The highest BCUT2D eigenvalue weighted by Crippen LogP contribution is 2.38. The molecule has 3 amide bonds. The van der Waals surface area contributed by atoms with E-state index >= 15 is 0 Å². The second-order valence-electron chi connectivity index (χ2n) is 9.78. The first-order valence-corrected chi connectivity index (χ1v) is 13.4. The Kier molecular flexibility index (Phi) is 8.93. The lowest BCUT2D eigenvalue weighted by atomic mass is 9.99. The lowest BCUT2D eigenvalue weighted by molar-refractivity contribution is 0.102. The minimum Gasteiger partial charge on any atom is -0.321 e. The summed E-state index contributed by atoms with van der Waals surface area (Å²) < 4.78 is 0. The molecule has 1 unspecified atom stereocenters. The summed E-state index contributed by atoms with van der Waals surface area (Å²) in [6, 6.07) is 11.0. The van der Waals surface area contributed by atoms with E-state index in [1.165, 1.54) is 0 Å². The van der Waals surface area contributed by atoms with E-state index < -0.39 is 0 Å². The van der Waals surface area contributed by atoms with Crippen LogP contribution in [0.1, 0.15) is 56.3 Å². The van der Waals surface area contributed by atoms with Gasteiger partial charge in [0.1, 0.15) is 0 Å². The molecule has 1 fully saturated rings. The molecule has 0 radical (unpaired) electrons. The van der Waals surface area contributed by atoms with E-state index in [1.807, 2.05) is 29.2 Å². The average Bonchev–Trinajstić information content (AvgIpc) is 3.03. The molecule has 8 nitrogen and oxygen atoms in total. The van der Waals surface area contributed by atoms with E-state index in [4.69, 9.17) is 0 Å². The van der Waals surface area contributed by atoms with E-state index in [2.05, 4.69) is 41.0 Å². The molecule has 194 valence electrons. The van der Waals surface area contributed by atoms with Crippen molar-refractivity contribution in [2.24, 2.45) is 0 Å². The minimum atomic E-state index is -0.248. The van der Waals surface area contributed by atoms with Crippen LogP contribution in [0.2, 0.25) is 0 Å². The Labute approximate surface area is 215 Å². The molecule has 8 heteroatoms. The standard InChI is InChI=1S/C28H40N6O2/c1-4-32(5-2)19-11-18-31(3)21-16-22-12-8-9-20-33(22)28(36)34-25-15-7-6-14-24(25)30-27(35)23-13-10-17-29-26(23)34/h6-7,10,13-15,17,22H,4-5,8-9,11-12,16,18-21H2,1-3H3,(H,30,35). The highest BCUT2D eigenvalue weighted by atomic mass is 16.2. The summed E-state index contributed by atoms with van der Waals surface area (Å²) in [6.07, 6.45) is 6.85. The van der Waals surface area contributed by atoms with Crippen molar-refractivity contribution in [2.75, 3.05) is 56.5 Å². The fraction of sp³-hybridized carbons (Fsp3) is 0.536. The van der Waals surface area contributed by atoms with Crippen molar-refractivity contribution in [1.82, 2.24) is 19.7 Å². The van der Waals surface area contributed by atoms with Crippen LogP contribution in [0.25, 0.3) is 0 Å². The third kappa shape index (κ3) is 5.87. The first-order chi connectivity index (χ1) is 17.5. The number of nitrogens with one attached hydrogen (secondary N) is 1. The Morgan fingerprint density at radius 1 is 1.08 bits per heavy atom. The number of fused-ring (bicyclic) bond motifs is 2. The largest absolute Gasteiger partial charge is 0.330 e. The molecule has 1 aromatic carbocycles. The number of likely N-dealkylation sites (tertiary alicyclic amines) is 1. The molecule has 2 aliphatic rings. The zero-order valence-electron chi connectivity index (χ0n) is 21.9. The summed E-state index contributed by atoms with van der Waals surface area (Å²) in [5.74, 6) is 0.144. The second-order valence-corrected chi connectivity index (χ2v) is 9.78. The van der Waals surface area contributed by atoms with Crippen molar-refractivity contribution in [3.05, 3.63) is 48.2 Å². The number of nitrogens with zero attached hydrogens (tertiary/aromatic N) is 5. The Morgan fingerprint density at radius 2 is 1.89 bits per heavy atom. The lowest BCUT2D eigenvalue weighted by Gasteiger charge is -2.39. The van der Waals surface area contributed by atoms with Gasteiger partial charge in [0.15, 0.2) is 5.82 Å². The molecular formula is C28H40N6O2. The number of para-hydroxylation sites is 2. The Balaban J connectivity index is 1.50. The number of amides is 3. The Bertz CT molecular complexity index is 1040. The van der Waals surface area contributed by atoms with Crippen molar-refractivity contribution in [3.8, 4) is 0 Å². The summed E-state index contributed by atoms with van der Waals surface area (Å²) in [5.41, 5.74) is 1.69. The van der Waals surface area contributed by atoms with Crippen LogP contribution in [0.15, 0.2) is 42.6 Å². The molecule has 4 rings (SSSR count). The number of urea groups is 1. The number of benzene rings is 1. The highest BCUT2D eigenvalue weighted by Gasteiger charge is 2.36. The number of piperidine rings is 1. The van der Waals surface area contributed by atoms with Crippen molar-refractivity contribution >= 4 is 29.1 Å². The van der Waals surface area contributed by atoms with Crippen LogP contribution < -0.4 is 10.2 Å². The van der Waals surface area contributed by atoms with Crippen molar-refractivity contribution < 1.29 is 9.59 Å². The van der Waals surface area contributed by atoms with E-state index in [-0.39, 0.29) is 18.0 Å². The van der Waals surface area contributed by atoms with Crippen LogP contribution in [0.4, 0.5) is 22.0 Å². The van der Waals surface area contributed by atoms with Crippen LogP contribution in [0, 0.1) is 0 Å². The maximum Gasteiger partial charge on any atom is 0.330 e. The number of carbonyl (C=O) groups is 2. The maximum absolute atomic E-state index is 14.2. The summed E-state index contributed by atoms with van der Waals surface area (Å²) >= 11 is 0. The van der Waals surface area contributed by atoms with Gasteiger partial charge in [0, 0.05) is 18.8 Å². The molecule has 0 aliphatic carbocycles. The lowest BCUT2D eigenvalue weighted by Crippen LogP contribution is -2.50. The van der Waals surface area contributed by atoms with Gasteiger partial charge >= 0.3 is 6.03 Å². The molecule has 2 aliphatic heterocycles. The SMILES string of the molecule is CCN(CC)CCCN(C)CCC1CCCCN1C(=O)N1c2ccccc2NC(=O)c2cccnc21. The zero-order valence-corrected chi connectivity index (χ0v) is 21.9. The smallest absolute Gasteiger partial charge is 0.321 e. The molecule has 0 bridgehead atoms. The fourth-order valence-electron chi connectivity index (χ4n) is 5.29. The number of rotatable bonds is 9. The van der Waals surface area contributed by atoms with Gasteiger partial charge in [-0.05, 0) is 96.1 Å². The van der Waals surface area contributed by atoms with Gasteiger partial charge in [-0.15, -0.1) is 0 Å². The van der Waals surface area contributed by atoms with Crippen LogP contribution >= 0.6 is 0 Å². The molecule has 1 saturated heterocycles. The van der Waals surface area contributed by atoms with Gasteiger partial charge in [0.25, 0.3) is 5.91 Å². The third-order valence-electron chi connectivity index (χ3n) is 7.45. The molecule has 0 spiro atoms. The van der Waals surface area contributed by atoms with Crippen molar-refractivity contribution in [2.45, 2.75) is 52.0 Å². The number of aromatic nitrogens is 1. The summed E-state index contributed by atoms with van der Waals surface area (Å²) in [4.78, 5) is 40.1. The third-order valence-corrected chi connectivity index (χ3v) is 7.45. The predicted molar refractivity (Wildman–Crippen MR) is 145 cm³/mol. The van der Waals surface area contributed by atoms with Gasteiger partial charge in [-0.25, -0.2) is 14.7 Å². The molecule has 3 heterocycles. The monoisotopic (exact) mass is 492 g/mol. The summed E-state index contributed by atoms with van der Waals surface area (Å²) in [5, 5.41) is 2.95. The molecule has 0 saturated carbocycles. The number of anilines is 3. The van der Waals surface area contributed by atoms with Crippen molar-refractivity contribution in [3.63, 3.8) is 0 Å². The van der Waals surface area contributed by atoms with Crippen LogP contribution in [0.5, 0.6) is 0 Å². The minimum absolute atomic E-state index is 0.104. The number of hydrogen-bond acceptors (Lipinski definition) is 5. The fourth-order valence-corrected chi connectivity index (χ4v) is 5.29. The van der Waals surface area contributed by atoms with Crippen LogP contribution in [0.3, 0.4) is 0 Å². The first kappa shape index (κ1) is 26.1. The summed E-state index contributed by atoms with van der Waals surface area (Å²) in [6.45, 7) is 10.5. The summed E-state index contributed by atoms with van der Waals surface area (Å²) in [7, 11) is 2.18. The van der Waals surface area contributed by atoms with E-state index in [0.29, 0.717) is 22.8 Å². The molecule has 2 aromatic rings. The number of hydrogen-bond donors (Lipinski definition) is 1. The van der Waals surface area contributed by atoms with Gasteiger partial charge in [0.2, 0.25) is 0 Å².